The van der Waals surface area contributed by atoms with Crippen molar-refractivity contribution in [3.8, 4) is 0 Å². The van der Waals surface area contributed by atoms with Gasteiger partial charge in [0.15, 0.2) is 12.2 Å². The third-order valence-electron chi connectivity index (χ3n) is 1.93. The van der Waals surface area contributed by atoms with Crippen LogP contribution in [-0.2, 0) is 9.59 Å². The van der Waals surface area contributed by atoms with Gasteiger partial charge in [-0.1, -0.05) is 11.6 Å². The van der Waals surface area contributed by atoms with Gasteiger partial charge in [-0.15, -0.1) is 0 Å². The number of aliphatic hydroxyl groups excluding tert-OH is 2. The van der Waals surface area contributed by atoms with E-state index in [4.69, 9.17) is 21.8 Å². The fourth-order valence-corrected chi connectivity index (χ4v) is 1.15. The minimum atomic E-state index is -2.16. The van der Waals surface area contributed by atoms with Gasteiger partial charge in [0, 0.05) is 10.7 Å². The molecule has 0 saturated heterocycles. The molecule has 1 aromatic rings. The van der Waals surface area contributed by atoms with Crippen molar-refractivity contribution in [2.24, 2.45) is 0 Å². The number of carboxylic acids is 1. The zero-order valence-electron chi connectivity index (χ0n) is 8.50. The Morgan fingerprint density at radius 2 is 1.65 bits per heavy atom. The Bertz CT molecular complexity index is 419. The molecule has 1 amide bonds. The van der Waals surface area contributed by atoms with Crippen LogP contribution >= 0.6 is 11.6 Å². The largest absolute Gasteiger partial charge is 0.479 e. The molecule has 0 aliphatic rings. The molecular weight excluding hydrogens is 250 g/mol. The van der Waals surface area contributed by atoms with Crippen LogP contribution in [0, 0.1) is 0 Å². The number of aliphatic carboxylic acids is 1. The summed E-state index contributed by atoms with van der Waals surface area (Å²) >= 11 is 5.62. The van der Waals surface area contributed by atoms with E-state index in [0.717, 1.165) is 0 Å². The first-order chi connectivity index (χ1) is 7.91. The second kappa shape index (κ2) is 5.62. The molecule has 6 nitrogen and oxygen atoms in total. The van der Waals surface area contributed by atoms with Crippen LogP contribution in [0.4, 0.5) is 5.69 Å². The first-order valence-corrected chi connectivity index (χ1v) is 4.95. The number of benzene rings is 1. The molecule has 0 saturated carbocycles. The Balaban J connectivity index is 2.66. The van der Waals surface area contributed by atoms with E-state index in [9.17, 15) is 14.7 Å². The fourth-order valence-electron chi connectivity index (χ4n) is 1.03. The second-order valence-corrected chi connectivity index (χ2v) is 3.66. The molecular formula is C10H10ClNO5. The molecule has 0 bridgehead atoms. The predicted molar refractivity (Wildman–Crippen MR) is 59.7 cm³/mol. The Labute approximate surface area is 101 Å². The number of carbonyl (C=O) groups is 2. The number of carbonyl (C=O) groups excluding carboxylic acids is 1. The van der Waals surface area contributed by atoms with E-state index in [0.29, 0.717) is 10.7 Å². The zero-order chi connectivity index (χ0) is 13.0. The number of carboxylic acid groups (broad SMARTS) is 1. The van der Waals surface area contributed by atoms with Crippen molar-refractivity contribution in [2.45, 2.75) is 12.2 Å². The maximum absolute atomic E-state index is 11.3. The second-order valence-electron chi connectivity index (χ2n) is 3.22. The quantitative estimate of drug-likeness (QED) is 0.613. The van der Waals surface area contributed by atoms with Gasteiger partial charge in [0.05, 0.1) is 0 Å². The maximum atomic E-state index is 11.3. The first kappa shape index (κ1) is 13.4. The van der Waals surface area contributed by atoms with Gasteiger partial charge in [-0.2, -0.15) is 0 Å². The van der Waals surface area contributed by atoms with Crippen LogP contribution < -0.4 is 5.32 Å². The summed E-state index contributed by atoms with van der Waals surface area (Å²) in [5.74, 6) is -2.69. The van der Waals surface area contributed by atoms with E-state index in [1.165, 1.54) is 24.3 Å². The third-order valence-corrected chi connectivity index (χ3v) is 2.18. The van der Waals surface area contributed by atoms with E-state index >= 15 is 0 Å². The zero-order valence-corrected chi connectivity index (χ0v) is 9.26. The molecule has 0 aliphatic carbocycles. The van der Waals surface area contributed by atoms with Gasteiger partial charge in [0.25, 0.3) is 5.91 Å². The molecule has 0 heterocycles. The van der Waals surface area contributed by atoms with Crippen LogP contribution in [0.2, 0.25) is 5.02 Å². The highest BCUT2D eigenvalue weighted by atomic mass is 35.5. The number of hydrogen-bond acceptors (Lipinski definition) is 4. The minimum Gasteiger partial charge on any atom is -0.479 e. The summed E-state index contributed by atoms with van der Waals surface area (Å²) in [6.07, 6.45) is -4.20. The molecule has 1 aromatic carbocycles. The average molecular weight is 260 g/mol. The van der Waals surface area contributed by atoms with Crippen molar-refractivity contribution in [2.75, 3.05) is 5.32 Å². The lowest BCUT2D eigenvalue weighted by Gasteiger charge is -2.13. The van der Waals surface area contributed by atoms with Crippen molar-refractivity contribution < 1.29 is 24.9 Å². The van der Waals surface area contributed by atoms with E-state index < -0.39 is 24.1 Å². The SMILES string of the molecule is O=C(O)[C@@H](O)[C@H](O)C(=O)Nc1ccc(Cl)cc1. The van der Waals surface area contributed by atoms with E-state index in [1.54, 1.807) is 0 Å². The first-order valence-electron chi connectivity index (χ1n) is 4.57. The lowest BCUT2D eigenvalue weighted by atomic mass is 10.2. The standard InChI is InChI=1S/C10H10ClNO5/c11-5-1-3-6(4-2-5)12-9(15)7(13)8(14)10(16)17/h1-4,7-8,13-14H,(H,12,15)(H,16,17)/t7-,8-/m0/s1. The minimum absolute atomic E-state index is 0.330. The van der Waals surface area contributed by atoms with Crippen LogP contribution in [0.5, 0.6) is 0 Å². The Morgan fingerprint density at radius 3 is 2.12 bits per heavy atom. The molecule has 0 fully saturated rings. The Kier molecular flexibility index (Phi) is 4.45. The van der Waals surface area contributed by atoms with Crippen LogP contribution in [-0.4, -0.2) is 39.4 Å². The summed E-state index contributed by atoms with van der Waals surface area (Å²) in [5.41, 5.74) is 0.330. The molecule has 0 aliphatic heterocycles. The summed E-state index contributed by atoms with van der Waals surface area (Å²) in [5, 5.41) is 29.3. The molecule has 1 rings (SSSR count). The third kappa shape index (κ3) is 3.70. The average Bonchev–Trinajstić information content (AvgIpc) is 2.30. The van der Waals surface area contributed by atoms with Gasteiger partial charge in [-0.3, -0.25) is 4.79 Å². The number of rotatable bonds is 4. The highest BCUT2D eigenvalue weighted by Gasteiger charge is 2.29. The monoisotopic (exact) mass is 259 g/mol. The molecule has 0 radical (unpaired) electrons. The summed E-state index contributed by atoms with van der Waals surface area (Å²) in [7, 11) is 0. The number of nitrogens with one attached hydrogen (secondary N) is 1. The molecule has 17 heavy (non-hydrogen) atoms. The maximum Gasteiger partial charge on any atom is 0.335 e. The van der Waals surface area contributed by atoms with Crippen molar-refractivity contribution in [1.82, 2.24) is 0 Å². The van der Waals surface area contributed by atoms with Crippen molar-refractivity contribution in [3.05, 3.63) is 29.3 Å². The molecule has 0 spiro atoms. The normalized spacial score (nSPS) is 13.8. The van der Waals surface area contributed by atoms with Gasteiger partial charge >= 0.3 is 5.97 Å². The van der Waals surface area contributed by atoms with Crippen molar-refractivity contribution in [3.63, 3.8) is 0 Å². The van der Waals surface area contributed by atoms with Crippen LogP contribution in [0.25, 0.3) is 0 Å². The van der Waals surface area contributed by atoms with Crippen LogP contribution in [0.3, 0.4) is 0 Å². The Morgan fingerprint density at radius 1 is 1.12 bits per heavy atom. The van der Waals surface area contributed by atoms with Gasteiger partial charge in [-0.05, 0) is 24.3 Å². The summed E-state index contributed by atoms with van der Waals surface area (Å²) < 4.78 is 0. The highest BCUT2D eigenvalue weighted by molar-refractivity contribution is 6.30. The molecule has 0 aromatic heterocycles. The number of aliphatic hydroxyl groups is 2. The topological polar surface area (TPSA) is 107 Å². The number of anilines is 1. The van der Waals surface area contributed by atoms with Crippen LogP contribution in [0.15, 0.2) is 24.3 Å². The highest BCUT2D eigenvalue weighted by Crippen LogP contribution is 2.13. The molecule has 92 valence electrons. The number of halogens is 1. The molecule has 7 heteroatoms. The van der Waals surface area contributed by atoms with Crippen molar-refractivity contribution >= 4 is 29.2 Å². The Hall–Kier alpha value is -1.63. The smallest absolute Gasteiger partial charge is 0.335 e. The molecule has 4 N–H and O–H groups in total. The molecule has 2 atom stereocenters. The summed E-state index contributed by atoms with van der Waals surface area (Å²) in [6, 6.07) is 5.97. The van der Waals surface area contributed by atoms with E-state index in [1.807, 2.05) is 0 Å². The lowest BCUT2D eigenvalue weighted by molar-refractivity contribution is -0.156. The molecule has 0 unspecified atom stereocenters. The van der Waals surface area contributed by atoms with Crippen molar-refractivity contribution in [1.29, 1.82) is 0 Å². The van der Waals surface area contributed by atoms with Gasteiger partial charge in [0.1, 0.15) is 0 Å². The summed E-state index contributed by atoms with van der Waals surface area (Å²) in [6.45, 7) is 0. The van der Waals surface area contributed by atoms with Crippen LogP contribution in [0.1, 0.15) is 0 Å². The number of amides is 1. The predicted octanol–water partition coefficient (Wildman–Crippen LogP) is 0.0849. The van der Waals surface area contributed by atoms with Gasteiger partial charge in [-0.25, -0.2) is 4.79 Å². The van der Waals surface area contributed by atoms with Gasteiger partial charge in [0.2, 0.25) is 0 Å². The fraction of sp³-hybridized carbons (Fsp3) is 0.200. The van der Waals surface area contributed by atoms with E-state index in [-0.39, 0.29) is 0 Å². The van der Waals surface area contributed by atoms with E-state index in [2.05, 4.69) is 5.32 Å². The summed E-state index contributed by atoms with van der Waals surface area (Å²) in [4.78, 5) is 21.7. The lowest BCUT2D eigenvalue weighted by Crippen LogP contribution is -2.42. The van der Waals surface area contributed by atoms with Gasteiger partial charge < -0.3 is 20.6 Å². The number of hydrogen-bond donors (Lipinski definition) is 4.